The van der Waals surface area contributed by atoms with Crippen molar-refractivity contribution in [1.82, 2.24) is 4.90 Å². The second kappa shape index (κ2) is 9.22. The lowest BCUT2D eigenvalue weighted by atomic mass is 10.1. The van der Waals surface area contributed by atoms with Gasteiger partial charge in [0, 0.05) is 31.9 Å². The Morgan fingerprint density at radius 1 is 0.900 bits per heavy atom. The second-order valence-electron chi connectivity index (χ2n) is 8.03. The Morgan fingerprint density at radius 2 is 1.53 bits per heavy atom. The summed E-state index contributed by atoms with van der Waals surface area (Å²) in [7, 11) is 0. The van der Waals surface area contributed by atoms with Crippen LogP contribution in [0.25, 0.3) is 0 Å². The van der Waals surface area contributed by atoms with Crippen molar-refractivity contribution >= 4 is 11.6 Å². The number of carbonyl (C=O) groups excluding carboxylic acids is 1. The molecule has 1 aliphatic rings. The van der Waals surface area contributed by atoms with Crippen LogP contribution in [0, 0.1) is 13.8 Å². The molecule has 2 aromatic heterocycles. The van der Waals surface area contributed by atoms with Crippen molar-refractivity contribution < 1.29 is 18.5 Å². The van der Waals surface area contributed by atoms with Gasteiger partial charge in [-0.25, -0.2) is 0 Å². The molecule has 1 N–H and O–H groups in total. The number of anilines is 1. The van der Waals surface area contributed by atoms with Gasteiger partial charge in [-0.2, -0.15) is 0 Å². The fourth-order valence-electron chi connectivity index (χ4n) is 4.11. The van der Waals surface area contributed by atoms with E-state index in [9.17, 15) is 4.79 Å². The Labute approximate surface area is 177 Å². The molecule has 4 rings (SSSR count). The topological polar surface area (TPSA) is 54.3 Å². The SMILES string of the molecule is Cc1cccc(N2CCN(C(=O)C[NH+](Cc3ccco3)Cc3ccco3)CC2)c1C. The van der Waals surface area contributed by atoms with Gasteiger partial charge >= 0.3 is 0 Å². The van der Waals surface area contributed by atoms with Gasteiger partial charge < -0.3 is 23.5 Å². The largest absolute Gasteiger partial charge is 0.463 e. The number of hydrogen-bond donors (Lipinski definition) is 1. The molecular formula is C24H30N3O3+. The van der Waals surface area contributed by atoms with Gasteiger partial charge in [-0.05, 0) is 55.3 Å². The summed E-state index contributed by atoms with van der Waals surface area (Å²) in [6.07, 6.45) is 3.35. The van der Waals surface area contributed by atoms with E-state index in [4.69, 9.17) is 8.83 Å². The number of nitrogens with one attached hydrogen (secondary N) is 1. The zero-order valence-corrected chi connectivity index (χ0v) is 17.8. The first kappa shape index (κ1) is 20.3. The fraction of sp³-hybridized carbons (Fsp3) is 0.375. The van der Waals surface area contributed by atoms with Gasteiger partial charge in [0.25, 0.3) is 5.91 Å². The molecule has 3 aromatic rings. The molecule has 1 aromatic carbocycles. The Balaban J connectivity index is 1.36. The second-order valence-corrected chi connectivity index (χ2v) is 8.03. The normalized spacial score (nSPS) is 14.5. The van der Waals surface area contributed by atoms with Crippen molar-refractivity contribution in [1.29, 1.82) is 0 Å². The summed E-state index contributed by atoms with van der Waals surface area (Å²) in [4.78, 5) is 18.6. The van der Waals surface area contributed by atoms with Crippen LogP contribution in [0.4, 0.5) is 5.69 Å². The predicted molar refractivity (Wildman–Crippen MR) is 115 cm³/mol. The van der Waals surface area contributed by atoms with Gasteiger partial charge in [0.15, 0.2) is 18.1 Å². The zero-order valence-electron chi connectivity index (χ0n) is 17.8. The van der Waals surface area contributed by atoms with Crippen LogP contribution < -0.4 is 9.80 Å². The minimum absolute atomic E-state index is 0.184. The van der Waals surface area contributed by atoms with Crippen molar-refractivity contribution in [3.05, 3.63) is 77.6 Å². The first-order valence-electron chi connectivity index (χ1n) is 10.6. The molecule has 1 saturated heterocycles. The van der Waals surface area contributed by atoms with Gasteiger partial charge in [-0.3, -0.25) is 4.79 Å². The number of furan rings is 2. The third-order valence-electron chi connectivity index (χ3n) is 5.96. The number of nitrogens with zero attached hydrogens (tertiary/aromatic N) is 2. The number of quaternary nitrogens is 1. The summed E-state index contributed by atoms with van der Waals surface area (Å²) in [6, 6.07) is 14.1. The van der Waals surface area contributed by atoms with E-state index >= 15 is 0 Å². The van der Waals surface area contributed by atoms with Crippen LogP contribution in [0.5, 0.6) is 0 Å². The zero-order chi connectivity index (χ0) is 20.9. The highest BCUT2D eigenvalue weighted by Gasteiger charge is 2.26. The lowest BCUT2D eigenvalue weighted by Crippen LogP contribution is -3.10. The van der Waals surface area contributed by atoms with Crippen molar-refractivity contribution in [2.24, 2.45) is 0 Å². The van der Waals surface area contributed by atoms with Gasteiger partial charge in [0.2, 0.25) is 0 Å². The van der Waals surface area contributed by atoms with Gasteiger partial charge in [0.05, 0.1) is 12.5 Å². The van der Waals surface area contributed by atoms with E-state index in [0.29, 0.717) is 19.6 Å². The number of amides is 1. The maximum absolute atomic E-state index is 13.1. The minimum atomic E-state index is 0.184. The average molecular weight is 409 g/mol. The minimum Gasteiger partial charge on any atom is -0.463 e. The maximum atomic E-state index is 13.1. The molecule has 3 heterocycles. The summed E-state index contributed by atoms with van der Waals surface area (Å²) in [5.41, 5.74) is 3.91. The van der Waals surface area contributed by atoms with Crippen LogP contribution in [-0.2, 0) is 17.9 Å². The average Bonchev–Trinajstić information content (AvgIpc) is 3.44. The summed E-state index contributed by atoms with van der Waals surface area (Å²) in [5, 5.41) is 0. The highest BCUT2D eigenvalue weighted by Crippen LogP contribution is 2.23. The number of hydrogen-bond acceptors (Lipinski definition) is 4. The third-order valence-corrected chi connectivity index (χ3v) is 5.96. The van der Waals surface area contributed by atoms with Crippen molar-refractivity contribution in [3.8, 4) is 0 Å². The highest BCUT2D eigenvalue weighted by atomic mass is 16.3. The van der Waals surface area contributed by atoms with E-state index in [-0.39, 0.29) is 5.91 Å². The smallest absolute Gasteiger partial charge is 0.277 e. The van der Waals surface area contributed by atoms with E-state index in [1.165, 1.54) is 16.8 Å². The van der Waals surface area contributed by atoms with E-state index in [1.807, 2.05) is 29.2 Å². The predicted octanol–water partition coefficient (Wildman–Crippen LogP) is 2.42. The molecule has 1 aliphatic heterocycles. The number of piperazine rings is 1. The highest BCUT2D eigenvalue weighted by molar-refractivity contribution is 5.77. The van der Waals surface area contributed by atoms with Crippen molar-refractivity contribution in [2.45, 2.75) is 26.9 Å². The van der Waals surface area contributed by atoms with Crippen molar-refractivity contribution in [3.63, 3.8) is 0 Å². The third kappa shape index (κ3) is 4.76. The molecule has 30 heavy (non-hydrogen) atoms. The van der Waals surface area contributed by atoms with Gasteiger partial charge in [-0.1, -0.05) is 12.1 Å². The Kier molecular flexibility index (Phi) is 6.23. The summed E-state index contributed by atoms with van der Waals surface area (Å²) >= 11 is 0. The molecule has 0 saturated carbocycles. The van der Waals surface area contributed by atoms with Crippen LogP contribution in [0.15, 0.2) is 63.8 Å². The molecule has 0 bridgehead atoms. The molecule has 6 heteroatoms. The van der Waals surface area contributed by atoms with Crippen molar-refractivity contribution in [2.75, 3.05) is 37.6 Å². The quantitative estimate of drug-likeness (QED) is 0.652. The summed E-state index contributed by atoms with van der Waals surface area (Å²) < 4.78 is 11.0. The Bertz CT molecular complexity index is 906. The maximum Gasteiger partial charge on any atom is 0.277 e. The van der Waals surface area contributed by atoms with Crippen LogP contribution in [0.3, 0.4) is 0 Å². The molecule has 1 fully saturated rings. The summed E-state index contributed by atoms with van der Waals surface area (Å²) in [6.45, 7) is 9.28. The fourth-order valence-corrected chi connectivity index (χ4v) is 4.11. The molecule has 0 radical (unpaired) electrons. The van der Waals surface area contributed by atoms with Gasteiger partial charge in [-0.15, -0.1) is 0 Å². The molecule has 158 valence electrons. The summed E-state index contributed by atoms with van der Waals surface area (Å²) in [5.74, 6) is 1.94. The molecule has 0 aliphatic carbocycles. The lowest BCUT2D eigenvalue weighted by Gasteiger charge is -2.37. The first-order valence-corrected chi connectivity index (χ1v) is 10.6. The molecule has 0 atom stereocenters. The monoisotopic (exact) mass is 408 g/mol. The van der Waals surface area contributed by atoms with E-state index < -0.39 is 0 Å². The van der Waals surface area contributed by atoms with E-state index in [2.05, 4.69) is 36.9 Å². The van der Waals surface area contributed by atoms with Crippen LogP contribution >= 0.6 is 0 Å². The molecule has 1 amide bonds. The van der Waals surface area contributed by atoms with Crippen LogP contribution in [0.1, 0.15) is 22.6 Å². The lowest BCUT2D eigenvalue weighted by molar-refractivity contribution is -0.921. The Morgan fingerprint density at radius 3 is 2.10 bits per heavy atom. The number of rotatable bonds is 7. The van der Waals surface area contributed by atoms with Gasteiger partial charge in [0.1, 0.15) is 13.1 Å². The van der Waals surface area contributed by atoms with E-state index in [0.717, 1.165) is 42.6 Å². The molecule has 0 unspecified atom stereocenters. The number of aryl methyl sites for hydroxylation is 1. The number of benzene rings is 1. The van der Waals surface area contributed by atoms with E-state index in [1.54, 1.807) is 12.5 Å². The molecular weight excluding hydrogens is 378 g/mol. The van der Waals surface area contributed by atoms with Crippen LogP contribution in [-0.4, -0.2) is 43.5 Å². The number of carbonyl (C=O) groups is 1. The Hall–Kier alpha value is -2.99. The molecule has 6 nitrogen and oxygen atoms in total. The van der Waals surface area contributed by atoms with Crippen LogP contribution in [0.2, 0.25) is 0 Å². The first-order chi connectivity index (χ1) is 14.6. The standard InChI is InChI=1S/C24H29N3O3/c1-19-6-3-9-23(20(19)2)26-10-12-27(13-11-26)24(28)18-25(16-21-7-4-14-29-21)17-22-8-5-15-30-22/h3-9,14-15H,10-13,16-18H2,1-2H3/p+1. The molecule has 0 spiro atoms.